The molecule has 7 heteroatoms. The average Bonchev–Trinajstić information content (AvgIpc) is 3.25. The molecule has 0 fully saturated rings. The van der Waals surface area contributed by atoms with E-state index in [9.17, 15) is 4.79 Å². The fraction of sp³-hybridized carbons (Fsp3) is 0.192. The predicted molar refractivity (Wildman–Crippen MR) is 130 cm³/mol. The number of hydrogen-bond donors (Lipinski definition) is 2. The van der Waals surface area contributed by atoms with E-state index in [1.165, 1.54) is 0 Å². The highest BCUT2D eigenvalue weighted by Gasteiger charge is 2.21. The molecule has 0 spiro atoms. The lowest BCUT2D eigenvalue weighted by Crippen LogP contribution is -2.38. The van der Waals surface area contributed by atoms with Crippen LogP contribution in [0.25, 0.3) is 27.7 Å². The number of methoxy groups -OCH3 is 1. The van der Waals surface area contributed by atoms with Crippen molar-refractivity contribution in [3.63, 3.8) is 0 Å². The molecule has 0 saturated heterocycles. The topological polar surface area (TPSA) is 83.1 Å². The van der Waals surface area contributed by atoms with E-state index in [-0.39, 0.29) is 6.03 Å². The molecular weight excluding hydrogens is 414 g/mol. The monoisotopic (exact) mass is 439 g/mol. The Morgan fingerprint density at radius 2 is 1.97 bits per heavy atom. The van der Waals surface area contributed by atoms with Crippen LogP contribution in [0.1, 0.15) is 17.7 Å². The molecule has 166 valence electrons. The molecule has 2 aromatic carbocycles. The third kappa shape index (κ3) is 4.17. The summed E-state index contributed by atoms with van der Waals surface area (Å²) in [6.45, 7) is 3.22. The summed E-state index contributed by atoms with van der Waals surface area (Å²) in [5.41, 5.74) is 6.93. The van der Waals surface area contributed by atoms with Crippen LogP contribution < -0.4 is 10.1 Å². The van der Waals surface area contributed by atoms with Gasteiger partial charge in [-0.1, -0.05) is 30.3 Å². The van der Waals surface area contributed by atoms with Crippen molar-refractivity contribution in [1.29, 1.82) is 0 Å². The number of nitrogens with zero attached hydrogens (tertiary/aromatic N) is 3. The van der Waals surface area contributed by atoms with Gasteiger partial charge in [-0.3, -0.25) is 0 Å². The fourth-order valence-electron chi connectivity index (χ4n) is 4.19. The minimum Gasteiger partial charge on any atom is -0.497 e. The van der Waals surface area contributed by atoms with Crippen LogP contribution in [0.4, 0.5) is 10.5 Å². The minimum absolute atomic E-state index is 0.108. The van der Waals surface area contributed by atoms with Gasteiger partial charge in [0, 0.05) is 30.4 Å². The summed E-state index contributed by atoms with van der Waals surface area (Å²) >= 11 is 0. The van der Waals surface area contributed by atoms with Crippen LogP contribution >= 0.6 is 0 Å². The Labute approximate surface area is 192 Å². The maximum Gasteiger partial charge on any atom is 0.322 e. The van der Waals surface area contributed by atoms with Crippen LogP contribution in [0.2, 0.25) is 0 Å². The number of ether oxygens (including phenoxy) is 1. The number of amides is 2. The number of hydrogen-bond acceptors (Lipinski definition) is 4. The van der Waals surface area contributed by atoms with Gasteiger partial charge in [-0.15, -0.1) is 0 Å². The van der Waals surface area contributed by atoms with Crippen molar-refractivity contribution >= 4 is 28.3 Å². The van der Waals surface area contributed by atoms with Crippen LogP contribution in [0.15, 0.2) is 67.1 Å². The van der Waals surface area contributed by atoms with Crippen LogP contribution in [0, 0.1) is 6.92 Å². The summed E-state index contributed by atoms with van der Waals surface area (Å²) in [6, 6.07) is 15.6. The van der Waals surface area contributed by atoms with Crippen molar-refractivity contribution in [1.82, 2.24) is 19.9 Å². The van der Waals surface area contributed by atoms with E-state index in [1.54, 1.807) is 13.4 Å². The molecule has 1 aliphatic heterocycles. The van der Waals surface area contributed by atoms with Crippen LogP contribution in [-0.4, -0.2) is 46.1 Å². The minimum atomic E-state index is -0.108. The Hall–Kier alpha value is -4.13. The molecule has 2 amide bonds. The lowest BCUT2D eigenvalue weighted by Gasteiger charge is -2.27. The number of urea groups is 1. The molecule has 0 saturated carbocycles. The zero-order chi connectivity index (χ0) is 22.8. The largest absolute Gasteiger partial charge is 0.497 e. The van der Waals surface area contributed by atoms with Gasteiger partial charge in [0.05, 0.1) is 12.8 Å². The second-order valence-corrected chi connectivity index (χ2v) is 8.08. The van der Waals surface area contributed by atoms with Gasteiger partial charge in [-0.25, -0.2) is 14.8 Å². The van der Waals surface area contributed by atoms with E-state index < -0.39 is 0 Å². The second kappa shape index (κ2) is 8.78. The lowest BCUT2D eigenvalue weighted by molar-refractivity contribution is 0.217. The molecule has 33 heavy (non-hydrogen) atoms. The number of rotatable bonds is 4. The predicted octanol–water partition coefficient (Wildman–Crippen LogP) is 5.26. The molecule has 1 aliphatic rings. The quantitative estimate of drug-likeness (QED) is 0.454. The first-order valence-corrected chi connectivity index (χ1v) is 10.9. The third-order valence-corrected chi connectivity index (χ3v) is 6.00. The summed E-state index contributed by atoms with van der Waals surface area (Å²) in [7, 11) is 1.65. The average molecular weight is 440 g/mol. The molecule has 0 atom stereocenters. The molecule has 0 unspecified atom stereocenters. The summed E-state index contributed by atoms with van der Waals surface area (Å²) in [4.78, 5) is 26.7. The van der Waals surface area contributed by atoms with E-state index in [2.05, 4.69) is 33.3 Å². The smallest absolute Gasteiger partial charge is 0.322 e. The second-order valence-electron chi connectivity index (χ2n) is 8.08. The highest BCUT2D eigenvalue weighted by molar-refractivity contribution is 5.93. The number of fused-ring (bicyclic) bond motifs is 1. The molecule has 5 rings (SSSR count). The molecule has 2 aromatic heterocycles. The standard InChI is InChI=1S/C26H25N5O2/c1-17-15-27-25-23(17)24(28-16-29-25)19-10-12-31(13-11-19)26(32)30-21-5-3-4-20(14-21)18-6-8-22(33-2)9-7-18/h3-10,14-16H,11-13H2,1-2H3,(H,30,32)(H,27,28,29). The number of carbonyl (C=O) groups is 1. The van der Waals surface area contributed by atoms with Crippen LogP contribution in [0.5, 0.6) is 5.75 Å². The van der Waals surface area contributed by atoms with Gasteiger partial charge in [0.15, 0.2) is 0 Å². The molecule has 4 aromatic rings. The number of aromatic nitrogens is 3. The van der Waals surface area contributed by atoms with Crippen molar-refractivity contribution in [2.45, 2.75) is 13.3 Å². The van der Waals surface area contributed by atoms with Gasteiger partial charge in [-0.2, -0.15) is 0 Å². The summed E-state index contributed by atoms with van der Waals surface area (Å²) in [6.07, 6.45) is 6.37. The number of aryl methyl sites for hydroxylation is 1. The van der Waals surface area contributed by atoms with Gasteiger partial charge in [0.2, 0.25) is 0 Å². The Morgan fingerprint density at radius 3 is 2.73 bits per heavy atom. The Balaban J connectivity index is 1.28. The van der Waals surface area contributed by atoms with Crippen molar-refractivity contribution in [3.8, 4) is 16.9 Å². The number of benzene rings is 2. The van der Waals surface area contributed by atoms with Crippen molar-refractivity contribution in [2.75, 3.05) is 25.5 Å². The Bertz CT molecular complexity index is 1340. The Morgan fingerprint density at radius 1 is 1.12 bits per heavy atom. The zero-order valence-electron chi connectivity index (χ0n) is 18.6. The normalized spacial score (nSPS) is 13.6. The summed E-state index contributed by atoms with van der Waals surface area (Å²) < 4.78 is 5.23. The van der Waals surface area contributed by atoms with Gasteiger partial charge < -0.3 is 19.9 Å². The van der Waals surface area contributed by atoms with E-state index in [1.807, 2.05) is 59.6 Å². The van der Waals surface area contributed by atoms with Crippen LogP contribution in [-0.2, 0) is 0 Å². The zero-order valence-corrected chi connectivity index (χ0v) is 18.6. The fourth-order valence-corrected chi connectivity index (χ4v) is 4.19. The third-order valence-electron chi connectivity index (χ3n) is 6.00. The maximum atomic E-state index is 12.9. The van der Waals surface area contributed by atoms with E-state index >= 15 is 0 Å². The van der Waals surface area contributed by atoms with Crippen LogP contribution in [0.3, 0.4) is 0 Å². The lowest BCUT2D eigenvalue weighted by atomic mass is 10.0. The van der Waals surface area contributed by atoms with Crippen molar-refractivity contribution in [2.24, 2.45) is 0 Å². The first kappa shape index (κ1) is 20.8. The van der Waals surface area contributed by atoms with E-state index in [4.69, 9.17) is 4.74 Å². The highest BCUT2D eigenvalue weighted by atomic mass is 16.5. The van der Waals surface area contributed by atoms with Gasteiger partial charge >= 0.3 is 6.03 Å². The van der Waals surface area contributed by atoms with Crippen molar-refractivity contribution < 1.29 is 9.53 Å². The molecule has 0 radical (unpaired) electrons. The molecule has 0 aliphatic carbocycles. The SMILES string of the molecule is COc1ccc(-c2cccc(NC(=O)N3CC=C(c4ncnc5[nH]cc(C)c45)CC3)c2)cc1. The Kier molecular flexibility index (Phi) is 5.52. The molecule has 7 nitrogen and oxygen atoms in total. The van der Waals surface area contributed by atoms with E-state index in [0.717, 1.165) is 56.8 Å². The molecule has 2 N–H and O–H groups in total. The highest BCUT2D eigenvalue weighted by Crippen LogP contribution is 2.29. The van der Waals surface area contributed by atoms with Gasteiger partial charge in [0.25, 0.3) is 0 Å². The number of nitrogens with one attached hydrogen (secondary N) is 2. The van der Waals surface area contributed by atoms with Crippen molar-refractivity contribution in [3.05, 3.63) is 78.4 Å². The number of aromatic amines is 1. The first-order chi connectivity index (χ1) is 16.1. The summed E-state index contributed by atoms with van der Waals surface area (Å²) in [5.74, 6) is 0.815. The number of H-pyrrole nitrogens is 1. The van der Waals surface area contributed by atoms with E-state index in [0.29, 0.717) is 13.1 Å². The van der Waals surface area contributed by atoms with Gasteiger partial charge in [0.1, 0.15) is 17.7 Å². The maximum absolute atomic E-state index is 12.9. The molecular formula is C26H25N5O2. The van der Waals surface area contributed by atoms with Gasteiger partial charge in [-0.05, 0) is 59.9 Å². The number of carbonyl (C=O) groups excluding carboxylic acids is 1. The molecule has 3 heterocycles. The first-order valence-electron chi connectivity index (χ1n) is 10.9. The summed E-state index contributed by atoms with van der Waals surface area (Å²) in [5, 5.41) is 4.09. The molecule has 0 bridgehead atoms. The number of anilines is 1.